The Labute approximate surface area is 110 Å². The van der Waals surface area contributed by atoms with Gasteiger partial charge >= 0.3 is 0 Å². The van der Waals surface area contributed by atoms with E-state index in [4.69, 9.17) is 5.73 Å². The highest BCUT2D eigenvalue weighted by Crippen LogP contribution is 2.18. The number of nitrogens with zero attached hydrogens (tertiary/aromatic N) is 1. The third-order valence-corrected chi connectivity index (χ3v) is 3.57. The molecule has 1 aromatic carbocycles. The Hall–Kier alpha value is -1.88. The normalized spacial score (nSPS) is 10.3. The first-order chi connectivity index (χ1) is 8.56. The van der Waals surface area contributed by atoms with E-state index in [1.165, 1.54) is 0 Å². The summed E-state index contributed by atoms with van der Waals surface area (Å²) in [5.41, 5.74) is 8.80. The summed E-state index contributed by atoms with van der Waals surface area (Å²) in [6, 6.07) is 5.39. The summed E-state index contributed by atoms with van der Waals surface area (Å²) in [4.78, 5) is 15.4. The van der Waals surface area contributed by atoms with Gasteiger partial charge in [-0.2, -0.15) is 0 Å². The van der Waals surface area contributed by atoms with Crippen molar-refractivity contribution in [1.82, 2.24) is 4.98 Å². The van der Waals surface area contributed by atoms with Gasteiger partial charge in [0.2, 0.25) is 5.91 Å². The Balaban J connectivity index is 2.08. The van der Waals surface area contributed by atoms with Crippen molar-refractivity contribution >= 4 is 22.9 Å². The first kappa shape index (κ1) is 12.6. The van der Waals surface area contributed by atoms with Crippen molar-refractivity contribution in [3.8, 4) is 0 Å². The van der Waals surface area contributed by atoms with E-state index < -0.39 is 5.91 Å². The number of amides is 1. The number of anilines is 1. The van der Waals surface area contributed by atoms with Crippen molar-refractivity contribution in [2.45, 2.75) is 20.4 Å². The second kappa shape index (κ2) is 5.18. The molecule has 2 rings (SSSR count). The quantitative estimate of drug-likeness (QED) is 0.888. The largest absolute Gasteiger partial charge is 0.378 e. The highest BCUT2D eigenvalue weighted by Gasteiger charge is 2.05. The van der Waals surface area contributed by atoms with E-state index in [2.05, 4.69) is 10.3 Å². The lowest BCUT2D eigenvalue weighted by molar-refractivity contribution is 0.1000. The fraction of sp³-hybridized carbons (Fsp3) is 0.231. The van der Waals surface area contributed by atoms with Gasteiger partial charge in [-0.15, -0.1) is 11.3 Å². The van der Waals surface area contributed by atoms with Gasteiger partial charge in [0.15, 0.2) is 0 Å². The number of hydrogen-bond donors (Lipinski definition) is 2. The predicted octanol–water partition coefficient (Wildman–Crippen LogP) is 2.47. The average Bonchev–Trinajstić information content (AvgIpc) is 2.73. The molecule has 0 bridgehead atoms. The number of aryl methyl sites for hydroxylation is 2. The van der Waals surface area contributed by atoms with E-state index in [0.29, 0.717) is 12.1 Å². The third-order valence-electron chi connectivity index (χ3n) is 2.61. The first-order valence-electron chi connectivity index (χ1n) is 5.61. The predicted molar refractivity (Wildman–Crippen MR) is 73.9 cm³/mol. The third kappa shape index (κ3) is 2.87. The van der Waals surface area contributed by atoms with Crippen molar-refractivity contribution in [3.63, 3.8) is 0 Å². The molecule has 0 aliphatic heterocycles. The molecule has 0 saturated carbocycles. The maximum absolute atomic E-state index is 11.0. The van der Waals surface area contributed by atoms with Gasteiger partial charge in [-0.05, 0) is 37.6 Å². The molecule has 0 fully saturated rings. The molecule has 0 atom stereocenters. The Morgan fingerprint density at radius 3 is 2.78 bits per heavy atom. The molecule has 0 unspecified atom stereocenters. The molecule has 2 aromatic rings. The summed E-state index contributed by atoms with van der Waals surface area (Å²) in [6.45, 7) is 4.62. The molecule has 18 heavy (non-hydrogen) atoms. The van der Waals surface area contributed by atoms with E-state index >= 15 is 0 Å². The van der Waals surface area contributed by atoms with E-state index in [1.807, 2.05) is 25.3 Å². The van der Waals surface area contributed by atoms with Crippen molar-refractivity contribution < 1.29 is 4.79 Å². The molecule has 0 aliphatic carbocycles. The van der Waals surface area contributed by atoms with Gasteiger partial charge in [0.1, 0.15) is 5.01 Å². The van der Waals surface area contributed by atoms with Gasteiger partial charge in [-0.3, -0.25) is 4.79 Å². The van der Waals surface area contributed by atoms with Crippen LogP contribution in [0.2, 0.25) is 0 Å². The Morgan fingerprint density at radius 1 is 1.44 bits per heavy atom. The van der Waals surface area contributed by atoms with Crippen LogP contribution < -0.4 is 11.1 Å². The van der Waals surface area contributed by atoms with Crippen LogP contribution in [-0.2, 0) is 6.54 Å². The summed E-state index contributed by atoms with van der Waals surface area (Å²) >= 11 is 1.63. The van der Waals surface area contributed by atoms with Crippen molar-refractivity contribution in [3.05, 3.63) is 45.4 Å². The van der Waals surface area contributed by atoms with Crippen LogP contribution in [0.3, 0.4) is 0 Å². The van der Waals surface area contributed by atoms with Crippen LogP contribution in [0, 0.1) is 13.8 Å². The minimum absolute atomic E-state index is 0.403. The van der Waals surface area contributed by atoms with Crippen molar-refractivity contribution in [2.24, 2.45) is 5.73 Å². The maximum atomic E-state index is 11.0. The average molecular weight is 261 g/mol. The number of carbonyl (C=O) groups is 1. The van der Waals surface area contributed by atoms with Gasteiger partial charge < -0.3 is 11.1 Å². The van der Waals surface area contributed by atoms with E-state index in [-0.39, 0.29) is 0 Å². The number of thiazole rings is 1. The second-order valence-corrected chi connectivity index (χ2v) is 5.07. The standard InChI is InChI=1S/C13H15N3OS/c1-8-5-10(13(14)17)3-4-11(8)15-6-12-16-9(2)7-18-12/h3-5,7,15H,6H2,1-2H3,(H2,14,17). The lowest BCUT2D eigenvalue weighted by atomic mass is 10.1. The number of nitrogens with one attached hydrogen (secondary N) is 1. The van der Waals surface area contributed by atoms with Crippen LogP contribution in [0.1, 0.15) is 26.6 Å². The molecule has 1 heterocycles. The number of carbonyl (C=O) groups excluding carboxylic acids is 1. The molecule has 1 aromatic heterocycles. The van der Waals surface area contributed by atoms with Gasteiger partial charge in [0.05, 0.1) is 6.54 Å². The second-order valence-electron chi connectivity index (χ2n) is 4.13. The molecule has 94 valence electrons. The lowest BCUT2D eigenvalue weighted by Gasteiger charge is -2.09. The zero-order valence-corrected chi connectivity index (χ0v) is 11.2. The molecule has 0 spiro atoms. The minimum atomic E-state index is -0.403. The smallest absolute Gasteiger partial charge is 0.248 e. The molecular weight excluding hydrogens is 246 g/mol. The van der Waals surface area contributed by atoms with Gasteiger partial charge in [0.25, 0.3) is 0 Å². The number of hydrogen-bond acceptors (Lipinski definition) is 4. The highest BCUT2D eigenvalue weighted by molar-refractivity contribution is 7.09. The van der Waals surface area contributed by atoms with Crippen LogP contribution in [0.25, 0.3) is 0 Å². The Bertz CT molecular complexity index is 577. The topological polar surface area (TPSA) is 68.0 Å². The molecule has 5 heteroatoms. The number of aromatic nitrogens is 1. The summed E-state index contributed by atoms with van der Waals surface area (Å²) in [5.74, 6) is -0.403. The number of primary amides is 1. The van der Waals surface area contributed by atoms with Crippen LogP contribution in [0.5, 0.6) is 0 Å². The van der Waals surface area contributed by atoms with E-state index in [1.54, 1.807) is 23.5 Å². The molecule has 1 amide bonds. The Kier molecular flexibility index (Phi) is 3.62. The monoisotopic (exact) mass is 261 g/mol. The van der Waals surface area contributed by atoms with Crippen molar-refractivity contribution in [2.75, 3.05) is 5.32 Å². The van der Waals surface area contributed by atoms with Crippen LogP contribution in [0.15, 0.2) is 23.6 Å². The summed E-state index contributed by atoms with van der Waals surface area (Å²) in [5, 5.41) is 6.38. The van der Waals surface area contributed by atoms with Gasteiger partial charge in [-0.25, -0.2) is 4.98 Å². The first-order valence-corrected chi connectivity index (χ1v) is 6.49. The molecule has 0 aliphatic rings. The zero-order valence-electron chi connectivity index (χ0n) is 10.4. The number of benzene rings is 1. The number of rotatable bonds is 4. The van der Waals surface area contributed by atoms with E-state index in [0.717, 1.165) is 22.0 Å². The lowest BCUT2D eigenvalue weighted by Crippen LogP contribution is -2.11. The van der Waals surface area contributed by atoms with Crippen molar-refractivity contribution in [1.29, 1.82) is 0 Å². The molecular formula is C13H15N3OS. The fourth-order valence-corrected chi connectivity index (χ4v) is 2.38. The van der Waals surface area contributed by atoms with Crippen LogP contribution in [0.4, 0.5) is 5.69 Å². The number of nitrogens with two attached hydrogens (primary N) is 1. The molecule has 0 radical (unpaired) electrons. The Morgan fingerprint density at radius 2 is 2.22 bits per heavy atom. The van der Waals surface area contributed by atoms with E-state index in [9.17, 15) is 4.79 Å². The highest BCUT2D eigenvalue weighted by atomic mass is 32.1. The summed E-state index contributed by atoms with van der Waals surface area (Å²) < 4.78 is 0. The summed E-state index contributed by atoms with van der Waals surface area (Å²) in [6.07, 6.45) is 0. The summed E-state index contributed by atoms with van der Waals surface area (Å²) in [7, 11) is 0. The van der Waals surface area contributed by atoms with Gasteiger partial charge in [0, 0.05) is 22.3 Å². The van der Waals surface area contributed by atoms with Crippen LogP contribution in [-0.4, -0.2) is 10.9 Å². The molecule has 0 saturated heterocycles. The van der Waals surface area contributed by atoms with Crippen LogP contribution >= 0.6 is 11.3 Å². The minimum Gasteiger partial charge on any atom is -0.378 e. The molecule has 4 nitrogen and oxygen atoms in total. The SMILES string of the molecule is Cc1csc(CNc2ccc(C(N)=O)cc2C)n1. The molecule has 3 N–H and O–H groups in total. The zero-order chi connectivity index (χ0) is 13.1. The fourth-order valence-electron chi connectivity index (χ4n) is 1.67. The maximum Gasteiger partial charge on any atom is 0.248 e. The van der Waals surface area contributed by atoms with Gasteiger partial charge in [-0.1, -0.05) is 0 Å².